The van der Waals surface area contributed by atoms with Gasteiger partial charge in [-0.05, 0) is 18.2 Å². The SMILES string of the molecule is CCC1=CN[B]C=C1. The molecule has 0 aliphatic carbocycles. The van der Waals surface area contributed by atoms with Crippen molar-refractivity contribution in [2.75, 3.05) is 0 Å². The highest BCUT2D eigenvalue weighted by molar-refractivity contribution is 6.39. The third-order valence-corrected chi connectivity index (χ3v) is 1.18. The second kappa shape index (κ2) is 2.60. The predicted octanol–water partition coefficient (Wildman–Crippen LogP) is 1.02. The van der Waals surface area contributed by atoms with Crippen molar-refractivity contribution >= 4 is 7.41 Å². The summed E-state index contributed by atoms with van der Waals surface area (Å²) in [4.78, 5) is 0. The molecule has 0 aromatic carbocycles. The van der Waals surface area contributed by atoms with E-state index in [1.807, 2.05) is 19.6 Å². The Morgan fingerprint density at radius 1 is 1.75 bits per heavy atom. The van der Waals surface area contributed by atoms with E-state index in [1.165, 1.54) is 5.57 Å². The number of hydrogen-bond acceptors (Lipinski definition) is 1. The second-order valence-corrected chi connectivity index (χ2v) is 1.77. The van der Waals surface area contributed by atoms with Gasteiger partial charge in [0.15, 0.2) is 0 Å². The molecule has 0 spiro atoms. The summed E-state index contributed by atoms with van der Waals surface area (Å²) < 4.78 is 0. The molecule has 8 heavy (non-hydrogen) atoms. The Balaban J connectivity index is 2.51. The number of hydrogen-bond donors (Lipinski definition) is 1. The molecule has 0 unspecified atom stereocenters. The molecule has 0 aromatic heterocycles. The van der Waals surface area contributed by atoms with Gasteiger partial charge in [0, 0.05) is 0 Å². The lowest BCUT2D eigenvalue weighted by Gasteiger charge is -2.02. The lowest BCUT2D eigenvalue weighted by atomic mass is 9.90. The summed E-state index contributed by atoms with van der Waals surface area (Å²) >= 11 is 0. The Bertz CT molecular complexity index is 126. The Labute approximate surface area is 50.7 Å². The summed E-state index contributed by atoms with van der Waals surface area (Å²) in [5.41, 5.74) is 1.35. The summed E-state index contributed by atoms with van der Waals surface area (Å²) in [6.45, 7) is 2.14. The summed E-state index contributed by atoms with van der Waals surface area (Å²) in [5.74, 6) is 2.01. The zero-order valence-corrected chi connectivity index (χ0v) is 5.02. The van der Waals surface area contributed by atoms with Gasteiger partial charge in [-0.15, -0.1) is 0 Å². The van der Waals surface area contributed by atoms with Gasteiger partial charge < -0.3 is 5.23 Å². The summed E-state index contributed by atoms with van der Waals surface area (Å²) in [5, 5.41) is 3.01. The lowest BCUT2D eigenvalue weighted by Crippen LogP contribution is -2.12. The predicted molar refractivity (Wildman–Crippen MR) is 36.4 cm³/mol. The summed E-state index contributed by atoms with van der Waals surface area (Å²) in [6.07, 6.45) is 5.23. The van der Waals surface area contributed by atoms with Crippen molar-refractivity contribution in [3.63, 3.8) is 0 Å². The third-order valence-electron chi connectivity index (χ3n) is 1.18. The van der Waals surface area contributed by atoms with Crippen LogP contribution in [0.1, 0.15) is 13.3 Å². The fourth-order valence-electron chi connectivity index (χ4n) is 0.650. The summed E-state index contributed by atoms with van der Waals surface area (Å²) in [7, 11) is 1.92. The van der Waals surface area contributed by atoms with Crippen molar-refractivity contribution in [3.05, 3.63) is 23.8 Å². The Morgan fingerprint density at radius 2 is 2.62 bits per heavy atom. The maximum absolute atomic E-state index is 3.01. The van der Waals surface area contributed by atoms with Crippen molar-refractivity contribution in [1.29, 1.82) is 0 Å². The molecule has 1 N–H and O–H groups in total. The van der Waals surface area contributed by atoms with Crippen LogP contribution in [0.2, 0.25) is 0 Å². The lowest BCUT2D eigenvalue weighted by molar-refractivity contribution is 1.11. The van der Waals surface area contributed by atoms with Crippen LogP contribution in [0.3, 0.4) is 0 Å². The Kier molecular flexibility index (Phi) is 1.78. The largest absolute Gasteiger partial charge is 0.434 e. The molecule has 0 saturated carbocycles. The van der Waals surface area contributed by atoms with Gasteiger partial charge >= 0.3 is 0 Å². The maximum atomic E-state index is 3.01. The van der Waals surface area contributed by atoms with Crippen LogP contribution in [-0.4, -0.2) is 7.41 Å². The topological polar surface area (TPSA) is 12.0 Å². The van der Waals surface area contributed by atoms with Crippen LogP contribution < -0.4 is 5.23 Å². The highest BCUT2D eigenvalue weighted by Gasteiger charge is 1.91. The molecule has 1 nitrogen and oxygen atoms in total. The molecule has 1 radical (unpaired) electrons. The van der Waals surface area contributed by atoms with E-state index < -0.39 is 0 Å². The fraction of sp³-hybridized carbons (Fsp3) is 0.333. The molecular formula is C6H9BN. The first-order valence-electron chi connectivity index (χ1n) is 2.88. The molecule has 0 bridgehead atoms. The second-order valence-electron chi connectivity index (χ2n) is 1.77. The van der Waals surface area contributed by atoms with Crippen molar-refractivity contribution in [2.45, 2.75) is 13.3 Å². The van der Waals surface area contributed by atoms with Crippen LogP contribution in [-0.2, 0) is 0 Å². The van der Waals surface area contributed by atoms with E-state index in [9.17, 15) is 0 Å². The van der Waals surface area contributed by atoms with Gasteiger partial charge in [-0.3, -0.25) is 0 Å². The van der Waals surface area contributed by atoms with Gasteiger partial charge in [0.1, 0.15) is 0 Å². The molecule has 0 aromatic rings. The quantitative estimate of drug-likeness (QED) is 0.492. The van der Waals surface area contributed by atoms with E-state index in [4.69, 9.17) is 0 Å². The normalized spacial score (nSPS) is 16.4. The van der Waals surface area contributed by atoms with Gasteiger partial charge in [0.2, 0.25) is 0 Å². The summed E-state index contributed by atoms with van der Waals surface area (Å²) in [6, 6.07) is 0. The molecule has 1 rings (SSSR count). The van der Waals surface area contributed by atoms with Crippen LogP contribution >= 0.6 is 0 Å². The highest BCUT2D eigenvalue weighted by Crippen LogP contribution is 2.01. The zero-order valence-electron chi connectivity index (χ0n) is 5.02. The van der Waals surface area contributed by atoms with E-state index >= 15 is 0 Å². The number of nitrogens with one attached hydrogen (secondary N) is 1. The molecule has 1 aliphatic rings. The van der Waals surface area contributed by atoms with Crippen molar-refractivity contribution in [2.24, 2.45) is 0 Å². The molecule has 0 amide bonds. The van der Waals surface area contributed by atoms with Crippen molar-refractivity contribution < 1.29 is 0 Å². The van der Waals surface area contributed by atoms with Crippen LogP contribution in [0.4, 0.5) is 0 Å². The third kappa shape index (κ3) is 1.16. The zero-order chi connectivity index (χ0) is 5.82. The minimum atomic E-state index is 1.11. The molecule has 41 valence electrons. The van der Waals surface area contributed by atoms with Crippen molar-refractivity contribution in [3.8, 4) is 0 Å². The molecular weight excluding hydrogens is 96.9 g/mol. The molecule has 0 saturated heterocycles. The van der Waals surface area contributed by atoms with Gasteiger partial charge in [0.25, 0.3) is 7.41 Å². The van der Waals surface area contributed by atoms with Crippen LogP contribution in [0, 0.1) is 0 Å². The fourth-order valence-corrected chi connectivity index (χ4v) is 0.650. The first kappa shape index (κ1) is 5.48. The molecule has 1 aliphatic heterocycles. The van der Waals surface area contributed by atoms with E-state index in [0.717, 1.165) is 6.42 Å². The Hall–Kier alpha value is -0.655. The Morgan fingerprint density at radius 3 is 3.00 bits per heavy atom. The van der Waals surface area contributed by atoms with Gasteiger partial charge in [-0.25, -0.2) is 0 Å². The minimum Gasteiger partial charge on any atom is -0.434 e. The molecule has 0 fully saturated rings. The molecule has 1 heterocycles. The highest BCUT2D eigenvalue weighted by atomic mass is 14.7. The van der Waals surface area contributed by atoms with Gasteiger partial charge in [-0.2, -0.15) is 0 Å². The minimum absolute atomic E-state index is 1.11. The van der Waals surface area contributed by atoms with Crippen molar-refractivity contribution in [1.82, 2.24) is 5.23 Å². The molecule has 0 atom stereocenters. The van der Waals surface area contributed by atoms with Crippen LogP contribution in [0.5, 0.6) is 0 Å². The smallest absolute Gasteiger partial charge is 0.273 e. The average Bonchev–Trinajstić information content (AvgIpc) is 1.90. The maximum Gasteiger partial charge on any atom is 0.273 e. The van der Waals surface area contributed by atoms with Gasteiger partial charge in [0.05, 0.1) is 0 Å². The average molecular weight is 106 g/mol. The number of rotatable bonds is 1. The standard InChI is InChI=1S/C6H9BN/c1-2-6-3-4-7-8-5-6/h3-5,8H,2H2,1H3. The van der Waals surface area contributed by atoms with Crippen LogP contribution in [0.25, 0.3) is 0 Å². The van der Waals surface area contributed by atoms with E-state index in [0.29, 0.717) is 0 Å². The van der Waals surface area contributed by atoms with Crippen LogP contribution in [0.15, 0.2) is 23.8 Å². The van der Waals surface area contributed by atoms with Gasteiger partial charge in [-0.1, -0.05) is 19.0 Å². The molecule has 2 heteroatoms. The first-order valence-corrected chi connectivity index (χ1v) is 2.88. The monoisotopic (exact) mass is 106 g/mol. The van der Waals surface area contributed by atoms with E-state index in [1.54, 1.807) is 0 Å². The van der Waals surface area contributed by atoms with E-state index in [-0.39, 0.29) is 0 Å². The number of allylic oxidation sites excluding steroid dienone is 2. The van der Waals surface area contributed by atoms with E-state index in [2.05, 4.69) is 18.2 Å². The first-order chi connectivity index (χ1) is 3.93.